The van der Waals surface area contributed by atoms with Crippen molar-refractivity contribution in [3.8, 4) is 5.75 Å². The topological polar surface area (TPSA) is 105 Å². The predicted octanol–water partition coefficient (Wildman–Crippen LogP) is 4.44. The molecule has 0 saturated heterocycles. The van der Waals surface area contributed by atoms with Crippen molar-refractivity contribution in [1.82, 2.24) is 0 Å². The van der Waals surface area contributed by atoms with Crippen LogP contribution in [0, 0.1) is 10.1 Å². The van der Waals surface area contributed by atoms with Gasteiger partial charge in [0.25, 0.3) is 5.69 Å². The van der Waals surface area contributed by atoms with Crippen LogP contribution in [0.1, 0.15) is 25.3 Å². The van der Waals surface area contributed by atoms with Crippen LogP contribution in [0.4, 0.5) is 17.1 Å². The smallest absolute Gasteiger partial charge is 0.270 e. The number of nitro groups is 1. The molecule has 2 N–H and O–H groups in total. The van der Waals surface area contributed by atoms with Gasteiger partial charge in [0.15, 0.2) is 0 Å². The molecule has 0 saturated carbocycles. The molecule has 2 aromatic rings. The van der Waals surface area contributed by atoms with Crippen LogP contribution in [0.25, 0.3) is 0 Å². The molecule has 25 heavy (non-hydrogen) atoms. The fourth-order valence-corrected chi connectivity index (χ4v) is 2.20. The molecule has 7 nitrogen and oxygen atoms in total. The minimum Gasteiger partial charge on any atom is -0.507 e. The zero-order valence-electron chi connectivity index (χ0n) is 13.4. The van der Waals surface area contributed by atoms with E-state index >= 15 is 0 Å². The molecule has 0 spiro atoms. The number of phenols is 1. The van der Waals surface area contributed by atoms with E-state index in [0.717, 1.165) is 6.42 Å². The lowest BCUT2D eigenvalue weighted by Gasteiger charge is -2.06. The maximum Gasteiger partial charge on any atom is 0.270 e. The third-order valence-electron chi connectivity index (χ3n) is 3.27. The number of amides is 1. The number of phenolic OH excluding ortho intramolecular Hbond substituents is 1. The SMILES string of the molecule is CCCC(=O)Nc1ccc(Cl)c(N=Cc2cc([N+](=O)[O-])ccc2O)c1. The minimum absolute atomic E-state index is 0.115. The fourth-order valence-electron chi connectivity index (χ4n) is 2.04. The molecule has 0 aromatic heterocycles. The van der Waals surface area contributed by atoms with Gasteiger partial charge in [0.2, 0.25) is 5.91 Å². The first-order valence-electron chi connectivity index (χ1n) is 7.51. The lowest BCUT2D eigenvalue weighted by atomic mass is 10.2. The molecule has 0 fully saturated rings. The van der Waals surface area contributed by atoms with Crippen LogP contribution in [0.15, 0.2) is 41.4 Å². The molecule has 0 radical (unpaired) electrons. The van der Waals surface area contributed by atoms with Gasteiger partial charge in [-0.25, -0.2) is 0 Å². The molecule has 2 rings (SSSR count). The first-order chi connectivity index (χ1) is 11.9. The van der Waals surface area contributed by atoms with E-state index in [9.17, 15) is 20.0 Å². The first kappa shape index (κ1) is 18.4. The highest BCUT2D eigenvalue weighted by atomic mass is 35.5. The van der Waals surface area contributed by atoms with Crippen LogP contribution >= 0.6 is 11.6 Å². The van der Waals surface area contributed by atoms with Gasteiger partial charge in [-0.3, -0.25) is 19.9 Å². The molecule has 0 unspecified atom stereocenters. The van der Waals surface area contributed by atoms with Crippen molar-refractivity contribution in [2.75, 3.05) is 5.32 Å². The Morgan fingerprint density at radius 3 is 2.80 bits per heavy atom. The minimum atomic E-state index is -0.562. The van der Waals surface area contributed by atoms with Crippen molar-refractivity contribution in [2.24, 2.45) is 4.99 Å². The van der Waals surface area contributed by atoms with E-state index in [4.69, 9.17) is 11.6 Å². The molecule has 0 aliphatic carbocycles. The predicted molar refractivity (Wildman–Crippen MR) is 97.0 cm³/mol. The molecule has 1 amide bonds. The summed E-state index contributed by atoms with van der Waals surface area (Å²) in [6.07, 6.45) is 2.42. The third-order valence-corrected chi connectivity index (χ3v) is 3.59. The fraction of sp³-hybridized carbons (Fsp3) is 0.176. The summed E-state index contributed by atoms with van der Waals surface area (Å²) < 4.78 is 0. The summed E-state index contributed by atoms with van der Waals surface area (Å²) >= 11 is 6.08. The molecule has 2 aromatic carbocycles. The maximum atomic E-state index is 11.7. The summed E-state index contributed by atoms with van der Waals surface area (Å²) in [4.78, 5) is 26.1. The normalized spacial score (nSPS) is 10.8. The van der Waals surface area contributed by atoms with Gasteiger partial charge in [-0.15, -0.1) is 0 Å². The highest BCUT2D eigenvalue weighted by Gasteiger charge is 2.09. The molecule has 130 valence electrons. The Morgan fingerprint density at radius 2 is 2.12 bits per heavy atom. The monoisotopic (exact) mass is 361 g/mol. The van der Waals surface area contributed by atoms with Gasteiger partial charge in [-0.2, -0.15) is 0 Å². The summed E-state index contributed by atoms with van der Waals surface area (Å²) in [6.45, 7) is 1.91. The van der Waals surface area contributed by atoms with Crippen molar-refractivity contribution in [2.45, 2.75) is 19.8 Å². The molecule has 0 bridgehead atoms. The van der Waals surface area contributed by atoms with E-state index in [1.807, 2.05) is 6.92 Å². The summed E-state index contributed by atoms with van der Waals surface area (Å²) in [5.41, 5.74) is 0.928. The zero-order valence-corrected chi connectivity index (χ0v) is 14.2. The van der Waals surface area contributed by atoms with E-state index in [1.54, 1.807) is 18.2 Å². The van der Waals surface area contributed by atoms with Crippen molar-refractivity contribution in [3.63, 3.8) is 0 Å². The number of aromatic hydroxyl groups is 1. The lowest BCUT2D eigenvalue weighted by molar-refractivity contribution is -0.384. The average Bonchev–Trinajstić information content (AvgIpc) is 2.56. The lowest BCUT2D eigenvalue weighted by Crippen LogP contribution is -2.10. The molecule has 0 aliphatic rings. The molecule has 0 aliphatic heterocycles. The number of anilines is 1. The van der Waals surface area contributed by atoms with Crippen LogP contribution in [-0.2, 0) is 4.79 Å². The summed E-state index contributed by atoms with van der Waals surface area (Å²) in [6, 6.07) is 8.45. The van der Waals surface area contributed by atoms with E-state index in [-0.39, 0.29) is 22.9 Å². The first-order valence-corrected chi connectivity index (χ1v) is 7.89. The van der Waals surface area contributed by atoms with Gasteiger partial charge in [0.1, 0.15) is 5.75 Å². The van der Waals surface area contributed by atoms with Crippen LogP contribution < -0.4 is 5.32 Å². The number of benzene rings is 2. The van der Waals surface area contributed by atoms with Gasteiger partial charge in [-0.1, -0.05) is 18.5 Å². The molecule has 8 heteroatoms. The second-order valence-electron chi connectivity index (χ2n) is 5.22. The maximum absolute atomic E-state index is 11.7. The zero-order chi connectivity index (χ0) is 18.4. The van der Waals surface area contributed by atoms with E-state index in [2.05, 4.69) is 10.3 Å². The number of nitro benzene ring substituents is 1. The summed E-state index contributed by atoms with van der Waals surface area (Å²) in [5, 5.41) is 23.7. The second kappa shape index (κ2) is 8.25. The molecular formula is C17H16ClN3O4. The largest absolute Gasteiger partial charge is 0.507 e. The highest BCUT2D eigenvalue weighted by Crippen LogP contribution is 2.29. The third kappa shape index (κ3) is 5.02. The van der Waals surface area contributed by atoms with Crippen molar-refractivity contribution >= 4 is 40.8 Å². The Balaban J connectivity index is 2.27. The van der Waals surface area contributed by atoms with E-state index in [1.165, 1.54) is 24.4 Å². The standard InChI is InChI=1S/C17H16ClN3O4/c1-2-3-17(23)20-12-4-6-14(18)15(9-12)19-10-11-8-13(21(24)25)5-7-16(11)22/h4-10,22H,2-3H2,1H3,(H,20,23). The van der Waals surface area contributed by atoms with E-state index < -0.39 is 4.92 Å². The number of carbonyl (C=O) groups is 1. The van der Waals surface area contributed by atoms with Gasteiger partial charge >= 0.3 is 0 Å². The Labute approximate surface area is 149 Å². The Hall–Kier alpha value is -2.93. The van der Waals surface area contributed by atoms with Gasteiger partial charge < -0.3 is 10.4 Å². The number of halogens is 1. The van der Waals surface area contributed by atoms with Gasteiger partial charge in [0.05, 0.1) is 15.6 Å². The Bertz CT molecular complexity index is 837. The number of carbonyl (C=O) groups excluding carboxylic acids is 1. The van der Waals surface area contributed by atoms with Crippen molar-refractivity contribution in [1.29, 1.82) is 0 Å². The Kier molecular flexibility index (Phi) is 6.08. The highest BCUT2D eigenvalue weighted by molar-refractivity contribution is 6.33. The van der Waals surface area contributed by atoms with Crippen molar-refractivity contribution in [3.05, 3.63) is 57.1 Å². The Morgan fingerprint density at radius 1 is 1.36 bits per heavy atom. The number of aliphatic imine (C=N–C) groups is 1. The van der Waals surface area contributed by atoms with Gasteiger partial charge in [-0.05, 0) is 30.7 Å². The number of nitrogens with one attached hydrogen (secondary N) is 1. The number of rotatable bonds is 6. The number of hydrogen-bond donors (Lipinski definition) is 2. The van der Waals surface area contributed by atoms with Crippen LogP contribution in [0.3, 0.4) is 0 Å². The number of hydrogen-bond acceptors (Lipinski definition) is 5. The molecular weight excluding hydrogens is 346 g/mol. The van der Waals surface area contributed by atoms with Crippen LogP contribution in [-0.4, -0.2) is 22.2 Å². The summed E-state index contributed by atoms with van der Waals surface area (Å²) in [7, 11) is 0. The quantitative estimate of drug-likeness (QED) is 0.450. The average molecular weight is 362 g/mol. The number of non-ortho nitro benzene ring substituents is 1. The van der Waals surface area contributed by atoms with Crippen LogP contribution in [0.5, 0.6) is 5.75 Å². The van der Waals surface area contributed by atoms with Crippen molar-refractivity contribution < 1.29 is 14.8 Å². The van der Waals surface area contributed by atoms with Gasteiger partial charge in [0, 0.05) is 36.0 Å². The summed E-state index contributed by atoms with van der Waals surface area (Å²) in [5.74, 6) is -0.256. The molecule has 0 heterocycles. The van der Waals surface area contributed by atoms with E-state index in [0.29, 0.717) is 22.8 Å². The van der Waals surface area contributed by atoms with Crippen LogP contribution in [0.2, 0.25) is 5.02 Å². The molecule has 0 atom stereocenters. The second-order valence-corrected chi connectivity index (χ2v) is 5.63. The number of nitrogens with zero attached hydrogens (tertiary/aromatic N) is 2.